The molecule has 18 heavy (non-hydrogen) atoms. The number of nitrogens with one attached hydrogen (secondary N) is 1. The van der Waals surface area contributed by atoms with Crippen molar-refractivity contribution in [2.45, 2.75) is 45.1 Å². The smallest absolute Gasteiger partial charge is 0.290 e. The van der Waals surface area contributed by atoms with Gasteiger partial charge >= 0.3 is 0 Å². The predicted molar refractivity (Wildman–Crippen MR) is 72.9 cm³/mol. The van der Waals surface area contributed by atoms with E-state index in [0.29, 0.717) is 5.76 Å². The van der Waals surface area contributed by atoms with Gasteiger partial charge in [-0.15, -0.1) is 0 Å². The molecule has 100 valence electrons. The zero-order chi connectivity index (χ0) is 13.2. The zero-order valence-corrected chi connectivity index (χ0v) is 12.4. The van der Waals surface area contributed by atoms with Crippen LogP contribution in [0.4, 0.5) is 0 Å². The molecule has 0 unspecified atom stereocenters. The van der Waals surface area contributed by atoms with Crippen LogP contribution in [-0.2, 0) is 0 Å². The minimum Gasteiger partial charge on any atom is -0.351 e. The van der Waals surface area contributed by atoms with Crippen molar-refractivity contribution in [3.8, 4) is 0 Å². The van der Waals surface area contributed by atoms with Gasteiger partial charge in [0.05, 0.1) is 11.2 Å². The normalized spacial score (nSPS) is 28.1. The minimum absolute atomic E-state index is 0.135. The molecule has 1 aromatic heterocycles. The van der Waals surface area contributed by atoms with Crippen molar-refractivity contribution in [1.82, 2.24) is 10.5 Å². The molecule has 0 aliphatic heterocycles. The summed E-state index contributed by atoms with van der Waals surface area (Å²) < 4.78 is 5.00. The first-order valence-corrected chi connectivity index (χ1v) is 7.49. The fourth-order valence-corrected chi connectivity index (χ4v) is 3.08. The summed E-state index contributed by atoms with van der Waals surface area (Å²) >= 11 is 3.53. The van der Waals surface area contributed by atoms with Crippen LogP contribution in [0.5, 0.6) is 0 Å². The molecule has 1 saturated carbocycles. The number of hydrogen-bond donors (Lipinski definition) is 1. The number of nitrogens with zero attached hydrogens (tertiary/aromatic N) is 1. The van der Waals surface area contributed by atoms with Gasteiger partial charge in [0.2, 0.25) is 5.76 Å². The van der Waals surface area contributed by atoms with Gasteiger partial charge in [0.25, 0.3) is 5.91 Å². The Morgan fingerprint density at radius 3 is 2.78 bits per heavy atom. The summed E-state index contributed by atoms with van der Waals surface area (Å²) in [7, 11) is 0. The minimum atomic E-state index is -0.162. The molecule has 1 aromatic rings. The number of aryl methyl sites for hydroxylation is 1. The number of carbonyl (C=O) groups is 1. The molecule has 4 nitrogen and oxygen atoms in total. The van der Waals surface area contributed by atoms with E-state index in [2.05, 4.69) is 33.3 Å². The Kier molecular flexibility index (Phi) is 4.10. The third-order valence-electron chi connectivity index (χ3n) is 3.72. The van der Waals surface area contributed by atoms with Crippen molar-refractivity contribution in [3.05, 3.63) is 17.5 Å². The van der Waals surface area contributed by atoms with Crippen molar-refractivity contribution >= 4 is 21.8 Å². The molecular weight excluding hydrogens is 296 g/mol. The summed E-state index contributed by atoms with van der Waals surface area (Å²) in [5.74, 6) is 0.887. The Hall–Kier alpha value is -0.840. The van der Waals surface area contributed by atoms with Crippen LogP contribution in [0.3, 0.4) is 0 Å². The number of aromatic nitrogens is 1. The van der Waals surface area contributed by atoms with Crippen LogP contribution in [-0.4, -0.2) is 21.9 Å². The number of carbonyl (C=O) groups excluding carboxylic acids is 1. The average Bonchev–Trinajstić information content (AvgIpc) is 2.79. The van der Waals surface area contributed by atoms with Gasteiger partial charge in [-0.1, -0.05) is 28.0 Å². The third-order valence-corrected chi connectivity index (χ3v) is 4.79. The SMILES string of the molecule is Cc1cc(C(=O)NC2(CBr)CCC(C)CC2)on1. The second-order valence-electron chi connectivity index (χ2n) is 5.38. The Labute approximate surface area is 116 Å². The standard InChI is InChI=1S/C13H19BrN2O2/c1-9-3-5-13(8-14,6-4-9)15-12(17)11-7-10(2)16-18-11/h7,9H,3-6,8H2,1-2H3,(H,15,17). The Balaban J connectivity index is 2.04. The molecule has 1 fully saturated rings. The Morgan fingerprint density at radius 1 is 1.61 bits per heavy atom. The number of amides is 1. The van der Waals surface area contributed by atoms with Gasteiger partial charge in [-0.05, 0) is 38.5 Å². The molecule has 0 bridgehead atoms. The van der Waals surface area contributed by atoms with Crippen LogP contribution in [0.25, 0.3) is 0 Å². The molecular formula is C13H19BrN2O2. The molecule has 1 aliphatic carbocycles. The number of alkyl halides is 1. The van der Waals surface area contributed by atoms with E-state index in [9.17, 15) is 4.79 Å². The maximum atomic E-state index is 12.1. The van der Waals surface area contributed by atoms with Crippen LogP contribution in [0.1, 0.15) is 48.9 Å². The first-order chi connectivity index (χ1) is 8.54. The average molecular weight is 315 g/mol. The monoisotopic (exact) mass is 314 g/mol. The van der Waals surface area contributed by atoms with Gasteiger partial charge in [-0.25, -0.2) is 0 Å². The molecule has 0 aromatic carbocycles. The van der Waals surface area contributed by atoms with Crippen molar-refractivity contribution in [3.63, 3.8) is 0 Å². The lowest BCUT2D eigenvalue weighted by Crippen LogP contribution is -2.51. The fraction of sp³-hybridized carbons (Fsp3) is 0.692. The van der Waals surface area contributed by atoms with Crippen LogP contribution in [0, 0.1) is 12.8 Å². The summed E-state index contributed by atoms with van der Waals surface area (Å²) in [5, 5.41) is 7.64. The molecule has 0 radical (unpaired) electrons. The molecule has 5 heteroatoms. The van der Waals surface area contributed by atoms with Gasteiger partial charge in [-0.2, -0.15) is 0 Å². The van der Waals surface area contributed by atoms with Crippen LogP contribution >= 0.6 is 15.9 Å². The van der Waals surface area contributed by atoms with Crippen molar-refractivity contribution in [2.75, 3.05) is 5.33 Å². The molecule has 0 spiro atoms. The van der Waals surface area contributed by atoms with Gasteiger partial charge in [0.15, 0.2) is 0 Å². The number of hydrogen-bond acceptors (Lipinski definition) is 3. The summed E-state index contributed by atoms with van der Waals surface area (Å²) in [6, 6.07) is 1.67. The lowest BCUT2D eigenvalue weighted by atomic mass is 9.78. The van der Waals surface area contributed by atoms with E-state index in [1.807, 2.05) is 6.92 Å². The van der Waals surface area contributed by atoms with E-state index >= 15 is 0 Å². The van der Waals surface area contributed by atoms with Gasteiger partial charge in [0, 0.05) is 11.4 Å². The highest BCUT2D eigenvalue weighted by Crippen LogP contribution is 2.33. The van der Waals surface area contributed by atoms with Crippen molar-refractivity contribution < 1.29 is 9.32 Å². The fourth-order valence-electron chi connectivity index (χ4n) is 2.38. The molecule has 0 saturated heterocycles. The molecule has 1 aliphatic rings. The van der Waals surface area contributed by atoms with Crippen LogP contribution < -0.4 is 5.32 Å². The van der Waals surface area contributed by atoms with Gasteiger partial charge < -0.3 is 9.84 Å². The second kappa shape index (κ2) is 5.43. The highest BCUT2D eigenvalue weighted by Gasteiger charge is 2.35. The van der Waals surface area contributed by atoms with E-state index in [1.165, 1.54) is 0 Å². The van der Waals surface area contributed by atoms with Crippen LogP contribution in [0.2, 0.25) is 0 Å². The second-order valence-corrected chi connectivity index (χ2v) is 5.94. The van der Waals surface area contributed by atoms with Gasteiger partial charge in [-0.3, -0.25) is 4.79 Å². The molecule has 1 heterocycles. The van der Waals surface area contributed by atoms with E-state index in [0.717, 1.165) is 42.6 Å². The molecule has 1 amide bonds. The van der Waals surface area contributed by atoms with E-state index < -0.39 is 0 Å². The third kappa shape index (κ3) is 2.94. The van der Waals surface area contributed by atoms with E-state index in [-0.39, 0.29) is 11.4 Å². The predicted octanol–water partition coefficient (Wildman–Crippen LogP) is 3.06. The van der Waals surface area contributed by atoms with Crippen molar-refractivity contribution in [2.24, 2.45) is 5.92 Å². The summed E-state index contributed by atoms with van der Waals surface area (Å²) in [4.78, 5) is 12.1. The van der Waals surface area contributed by atoms with Gasteiger partial charge in [0.1, 0.15) is 0 Å². The quantitative estimate of drug-likeness (QED) is 0.872. The Morgan fingerprint density at radius 2 is 2.28 bits per heavy atom. The topological polar surface area (TPSA) is 55.1 Å². The molecule has 2 rings (SSSR count). The summed E-state index contributed by atoms with van der Waals surface area (Å²) in [6.45, 7) is 4.07. The maximum Gasteiger partial charge on any atom is 0.290 e. The molecule has 0 atom stereocenters. The first kappa shape index (κ1) is 13.6. The lowest BCUT2D eigenvalue weighted by molar-refractivity contribution is 0.0836. The molecule has 1 N–H and O–H groups in total. The van der Waals surface area contributed by atoms with E-state index in [4.69, 9.17) is 4.52 Å². The number of halogens is 1. The first-order valence-electron chi connectivity index (χ1n) is 6.36. The summed E-state index contributed by atoms with van der Waals surface area (Å²) in [5.41, 5.74) is 0.593. The summed E-state index contributed by atoms with van der Waals surface area (Å²) in [6.07, 6.45) is 4.33. The zero-order valence-electron chi connectivity index (χ0n) is 10.8. The lowest BCUT2D eigenvalue weighted by Gasteiger charge is -2.38. The van der Waals surface area contributed by atoms with Crippen molar-refractivity contribution in [1.29, 1.82) is 0 Å². The van der Waals surface area contributed by atoms with E-state index in [1.54, 1.807) is 6.07 Å². The maximum absolute atomic E-state index is 12.1. The number of rotatable bonds is 3. The highest BCUT2D eigenvalue weighted by molar-refractivity contribution is 9.09. The highest BCUT2D eigenvalue weighted by atomic mass is 79.9. The largest absolute Gasteiger partial charge is 0.351 e. The Bertz CT molecular complexity index is 422. The van der Waals surface area contributed by atoms with Crippen LogP contribution in [0.15, 0.2) is 10.6 Å².